The van der Waals surface area contributed by atoms with Crippen LogP contribution < -0.4 is 4.74 Å². The minimum absolute atomic E-state index is 0.347. The normalized spacial score (nSPS) is 10.6. The number of hydrogen-bond acceptors (Lipinski definition) is 3. The Morgan fingerprint density at radius 3 is 3.15 bits per heavy atom. The SMILES string of the molecule is CCOc1nc2ccc(I)cc2o1. The molecule has 0 spiro atoms. The first kappa shape index (κ1) is 8.80. The van der Waals surface area contributed by atoms with Crippen LogP contribution in [-0.2, 0) is 0 Å². The second-order valence-electron chi connectivity index (χ2n) is 2.52. The summed E-state index contributed by atoms with van der Waals surface area (Å²) in [5, 5.41) is 0. The first-order valence-corrected chi connectivity index (χ1v) is 5.06. The zero-order valence-electron chi connectivity index (χ0n) is 7.08. The molecule has 0 amide bonds. The zero-order chi connectivity index (χ0) is 9.26. The monoisotopic (exact) mass is 289 g/mol. The van der Waals surface area contributed by atoms with E-state index in [1.165, 1.54) is 0 Å². The van der Waals surface area contributed by atoms with Gasteiger partial charge >= 0.3 is 6.08 Å². The lowest BCUT2D eigenvalue weighted by Gasteiger charge is -1.91. The molecule has 2 aromatic rings. The van der Waals surface area contributed by atoms with Gasteiger partial charge in [0.25, 0.3) is 0 Å². The van der Waals surface area contributed by atoms with Crippen LogP contribution in [0.2, 0.25) is 0 Å². The number of fused-ring (bicyclic) bond motifs is 1. The molecule has 0 unspecified atom stereocenters. The number of nitrogens with zero attached hydrogens (tertiary/aromatic N) is 1. The van der Waals surface area contributed by atoms with Gasteiger partial charge in [0.1, 0.15) is 5.52 Å². The van der Waals surface area contributed by atoms with Crippen LogP contribution in [-0.4, -0.2) is 11.6 Å². The summed E-state index contributed by atoms with van der Waals surface area (Å²) in [5.41, 5.74) is 1.61. The van der Waals surface area contributed by atoms with Crippen LogP contribution in [0.4, 0.5) is 0 Å². The van der Waals surface area contributed by atoms with Crippen molar-refractivity contribution in [3.8, 4) is 6.08 Å². The van der Waals surface area contributed by atoms with E-state index >= 15 is 0 Å². The Kier molecular flexibility index (Phi) is 2.39. The predicted octanol–water partition coefficient (Wildman–Crippen LogP) is 2.83. The number of halogens is 1. The molecule has 0 saturated carbocycles. The van der Waals surface area contributed by atoms with E-state index in [4.69, 9.17) is 9.15 Å². The average Bonchev–Trinajstić information content (AvgIpc) is 2.46. The van der Waals surface area contributed by atoms with E-state index in [1.807, 2.05) is 25.1 Å². The highest BCUT2D eigenvalue weighted by Crippen LogP contribution is 2.22. The third-order valence-electron chi connectivity index (χ3n) is 1.60. The Hall–Kier alpha value is -0.780. The molecule has 13 heavy (non-hydrogen) atoms. The highest BCUT2D eigenvalue weighted by Gasteiger charge is 2.05. The van der Waals surface area contributed by atoms with Gasteiger partial charge in [-0.15, -0.1) is 0 Å². The fourth-order valence-electron chi connectivity index (χ4n) is 1.06. The Labute approximate surface area is 89.2 Å². The maximum Gasteiger partial charge on any atom is 0.394 e. The van der Waals surface area contributed by atoms with Crippen molar-refractivity contribution in [1.82, 2.24) is 4.98 Å². The summed E-state index contributed by atoms with van der Waals surface area (Å²) in [6, 6.07) is 5.84. The number of aromatic nitrogens is 1. The lowest BCUT2D eigenvalue weighted by atomic mass is 10.3. The van der Waals surface area contributed by atoms with Crippen LogP contribution in [0.1, 0.15) is 6.92 Å². The molecule has 68 valence electrons. The van der Waals surface area contributed by atoms with Crippen LogP contribution in [0, 0.1) is 3.57 Å². The van der Waals surface area contributed by atoms with Crippen molar-refractivity contribution in [2.75, 3.05) is 6.61 Å². The third kappa shape index (κ3) is 1.77. The van der Waals surface area contributed by atoms with Crippen molar-refractivity contribution in [2.45, 2.75) is 6.92 Å². The standard InChI is InChI=1S/C9H8INO2/c1-2-12-9-11-7-4-3-6(10)5-8(7)13-9/h3-5H,2H2,1H3. The molecule has 3 nitrogen and oxygen atoms in total. The van der Waals surface area contributed by atoms with E-state index in [0.29, 0.717) is 12.7 Å². The minimum Gasteiger partial charge on any atom is -0.450 e. The average molecular weight is 289 g/mol. The second-order valence-corrected chi connectivity index (χ2v) is 3.77. The molecular formula is C9H8INO2. The molecule has 0 fully saturated rings. The molecule has 0 aliphatic carbocycles. The van der Waals surface area contributed by atoms with E-state index < -0.39 is 0 Å². The van der Waals surface area contributed by atoms with Crippen molar-refractivity contribution in [3.63, 3.8) is 0 Å². The molecule has 1 heterocycles. The van der Waals surface area contributed by atoms with Crippen molar-refractivity contribution in [3.05, 3.63) is 21.8 Å². The van der Waals surface area contributed by atoms with Gasteiger partial charge in [-0.25, -0.2) is 0 Å². The van der Waals surface area contributed by atoms with Crippen LogP contribution in [0.25, 0.3) is 11.1 Å². The molecule has 0 aliphatic heterocycles. The number of rotatable bonds is 2. The molecule has 0 aliphatic rings. The van der Waals surface area contributed by atoms with E-state index in [2.05, 4.69) is 27.6 Å². The second kappa shape index (κ2) is 3.53. The minimum atomic E-state index is 0.347. The molecule has 0 saturated heterocycles. The molecule has 1 aromatic carbocycles. The molecule has 0 bridgehead atoms. The zero-order valence-corrected chi connectivity index (χ0v) is 9.24. The van der Waals surface area contributed by atoms with Crippen LogP contribution in [0.3, 0.4) is 0 Å². The quantitative estimate of drug-likeness (QED) is 0.797. The summed E-state index contributed by atoms with van der Waals surface area (Å²) < 4.78 is 11.6. The smallest absolute Gasteiger partial charge is 0.394 e. The van der Waals surface area contributed by atoms with Crippen LogP contribution in [0.5, 0.6) is 6.08 Å². The molecule has 0 atom stereocenters. The number of oxazole rings is 1. The number of ether oxygens (including phenoxy) is 1. The summed E-state index contributed by atoms with van der Waals surface area (Å²) in [6.45, 7) is 2.47. The van der Waals surface area contributed by atoms with Gasteiger partial charge in [0.15, 0.2) is 5.58 Å². The molecule has 4 heteroatoms. The Morgan fingerprint density at radius 2 is 2.38 bits per heavy atom. The molecule has 1 aromatic heterocycles. The van der Waals surface area contributed by atoms with E-state index in [-0.39, 0.29) is 0 Å². The van der Waals surface area contributed by atoms with Gasteiger partial charge < -0.3 is 9.15 Å². The molecule has 0 radical (unpaired) electrons. The van der Waals surface area contributed by atoms with Crippen LogP contribution >= 0.6 is 22.6 Å². The highest BCUT2D eigenvalue weighted by molar-refractivity contribution is 14.1. The fraction of sp³-hybridized carbons (Fsp3) is 0.222. The topological polar surface area (TPSA) is 35.3 Å². The summed E-state index contributed by atoms with van der Waals surface area (Å²) >= 11 is 2.23. The largest absolute Gasteiger partial charge is 0.450 e. The van der Waals surface area contributed by atoms with Gasteiger partial charge in [0.05, 0.1) is 6.61 Å². The maximum atomic E-state index is 5.35. The van der Waals surface area contributed by atoms with Crippen molar-refractivity contribution < 1.29 is 9.15 Å². The lowest BCUT2D eigenvalue weighted by molar-refractivity contribution is 0.251. The Morgan fingerprint density at radius 1 is 1.54 bits per heavy atom. The molecular weight excluding hydrogens is 281 g/mol. The van der Waals surface area contributed by atoms with Crippen LogP contribution in [0.15, 0.2) is 22.6 Å². The number of benzene rings is 1. The van der Waals surface area contributed by atoms with E-state index in [0.717, 1.165) is 14.7 Å². The van der Waals surface area contributed by atoms with Crippen molar-refractivity contribution in [2.24, 2.45) is 0 Å². The van der Waals surface area contributed by atoms with Gasteiger partial charge in [-0.1, -0.05) is 0 Å². The summed E-state index contributed by atoms with van der Waals surface area (Å²) in [6.07, 6.45) is 0.347. The van der Waals surface area contributed by atoms with Gasteiger partial charge in [-0.2, -0.15) is 4.98 Å². The lowest BCUT2D eigenvalue weighted by Crippen LogP contribution is -1.89. The fourth-order valence-corrected chi connectivity index (χ4v) is 1.53. The summed E-state index contributed by atoms with van der Waals surface area (Å²) in [4.78, 5) is 4.15. The third-order valence-corrected chi connectivity index (χ3v) is 2.27. The van der Waals surface area contributed by atoms with Crippen molar-refractivity contribution in [1.29, 1.82) is 0 Å². The molecule has 2 rings (SSSR count). The molecule has 0 N–H and O–H groups in total. The first-order chi connectivity index (χ1) is 6.29. The van der Waals surface area contributed by atoms with E-state index in [9.17, 15) is 0 Å². The summed E-state index contributed by atoms with van der Waals surface area (Å²) in [5.74, 6) is 0. The van der Waals surface area contributed by atoms with Crippen molar-refractivity contribution >= 4 is 33.7 Å². The maximum absolute atomic E-state index is 5.35. The Balaban J connectivity index is 2.49. The number of hydrogen-bond donors (Lipinski definition) is 0. The predicted molar refractivity (Wildman–Crippen MR) is 57.9 cm³/mol. The van der Waals surface area contributed by atoms with E-state index in [1.54, 1.807) is 0 Å². The summed E-state index contributed by atoms with van der Waals surface area (Å²) in [7, 11) is 0. The van der Waals surface area contributed by atoms with Gasteiger partial charge in [-0.05, 0) is 47.7 Å². The van der Waals surface area contributed by atoms with Gasteiger partial charge in [0.2, 0.25) is 0 Å². The highest BCUT2D eigenvalue weighted by atomic mass is 127. The van der Waals surface area contributed by atoms with Gasteiger partial charge in [-0.3, -0.25) is 0 Å². The van der Waals surface area contributed by atoms with Gasteiger partial charge in [0, 0.05) is 3.57 Å². The Bertz CT molecular complexity index is 424. The first-order valence-electron chi connectivity index (χ1n) is 3.98.